The zero-order valence-corrected chi connectivity index (χ0v) is 19.2. The van der Waals surface area contributed by atoms with E-state index >= 15 is 0 Å². The van der Waals surface area contributed by atoms with E-state index in [2.05, 4.69) is 37.1 Å². The highest BCUT2D eigenvalue weighted by molar-refractivity contribution is 8.01. The van der Waals surface area contributed by atoms with E-state index in [9.17, 15) is 10.1 Å². The third-order valence-corrected chi connectivity index (χ3v) is 8.80. The van der Waals surface area contributed by atoms with Gasteiger partial charge in [-0.1, -0.05) is 44.7 Å². The SMILES string of the molecule is CC(C)(C)[C@@H]1CCc2c(sc(NC(=O)CSc3nc4ccccc4s3)c2C#N)C1. The Balaban J connectivity index is 1.44. The predicted molar refractivity (Wildman–Crippen MR) is 123 cm³/mol. The lowest BCUT2D eigenvalue weighted by Crippen LogP contribution is -2.26. The molecule has 4 nitrogen and oxygen atoms in total. The second-order valence-electron chi connectivity index (χ2n) is 8.41. The average molecular weight is 442 g/mol. The fourth-order valence-electron chi connectivity index (χ4n) is 3.73. The molecule has 0 aliphatic heterocycles. The molecule has 0 radical (unpaired) electrons. The van der Waals surface area contributed by atoms with Gasteiger partial charge >= 0.3 is 0 Å². The van der Waals surface area contributed by atoms with Crippen molar-refractivity contribution in [3.05, 3.63) is 40.3 Å². The third-order valence-electron chi connectivity index (χ3n) is 5.46. The first-order chi connectivity index (χ1) is 13.8. The quantitative estimate of drug-likeness (QED) is 0.496. The molecule has 3 aromatic rings. The first-order valence-electron chi connectivity index (χ1n) is 9.68. The number of thiazole rings is 1. The van der Waals surface area contributed by atoms with Crippen LogP contribution in [0.4, 0.5) is 5.00 Å². The number of rotatable bonds is 4. The van der Waals surface area contributed by atoms with Gasteiger partial charge in [-0.2, -0.15) is 5.26 Å². The summed E-state index contributed by atoms with van der Waals surface area (Å²) in [5.41, 5.74) is 3.03. The summed E-state index contributed by atoms with van der Waals surface area (Å²) in [6.07, 6.45) is 3.02. The summed E-state index contributed by atoms with van der Waals surface area (Å²) in [7, 11) is 0. The number of nitriles is 1. The van der Waals surface area contributed by atoms with E-state index in [4.69, 9.17) is 0 Å². The fraction of sp³-hybridized carbons (Fsp3) is 0.409. The van der Waals surface area contributed by atoms with E-state index in [-0.39, 0.29) is 17.1 Å². The van der Waals surface area contributed by atoms with Gasteiger partial charge in [0, 0.05) is 4.88 Å². The van der Waals surface area contributed by atoms with Crippen molar-refractivity contribution in [2.45, 2.75) is 44.4 Å². The van der Waals surface area contributed by atoms with E-state index in [1.807, 2.05) is 24.3 Å². The molecule has 29 heavy (non-hydrogen) atoms. The Labute approximate surface area is 183 Å². The monoisotopic (exact) mass is 441 g/mol. The zero-order valence-electron chi connectivity index (χ0n) is 16.7. The van der Waals surface area contributed by atoms with Crippen molar-refractivity contribution in [1.82, 2.24) is 4.98 Å². The minimum Gasteiger partial charge on any atom is -0.316 e. The number of benzene rings is 1. The molecule has 1 aliphatic rings. The number of nitrogens with one attached hydrogen (secondary N) is 1. The lowest BCUT2D eigenvalue weighted by Gasteiger charge is -2.33. The van der Waals surface area contributed by atoms with Crippen LogP contribution in [-0.4, -0.2) is 16.6 Å². The molecule has 0 saturated heterocycles. The van der Waals surface area contributed by atoms with Crippen molar-refractivity contribution in [2.24, 2.45) is 11.3 Å². The van der Waals surface area contributed by atoms with Gasteiger partial charge in [0.15, 0.2) is 4.34 Å². The summed E-state index contributed by atoms with van der Waals surface area (Å²) in [5, 5.41) is 13.4. The molecule has 150 valence electrons. The molecule has 0 unspecified atom stereocenters. The van der Waals surface area contributed by atoms with Gasteiger partial charge in [0.05, 0.1) is 21.5 Å². The van der Waals surface area contributed by atoms with Gasteiger partial charge in [-0.05, 0) is 48.3 Å². The van der Waals surface area contributed by atoms with Gasteiger partial charge in [-0.15, -0.1) is 22.7 Å². The Morgan fingerprint density at radius 3 is 2.86 bits per heavy atom. The molecule has 1 amide bonds. The van der Waals surface area contributed by atoms with Crippen molar-refractivity contribution in [3.8, 4) is 6.07 Å². The molecule has 2 heterocycles. The van der Waals surface area contributed by atoms with Crippen molar-refractivity contribution in [3.63, 3.8) is 0 Å². The van der Waals surface area contributed by atoms with Crippen LogP contribution in [0.15, 0.2) is 28.6 Å². The number of anilines is 1. The van der Waals surface area contributed by atoms with Crippen LogP contribution < -0.4 is 5.32 Å². The Morgan fingerprint density at radius 1 is 1.34 bits per heavy atom. The maximum Gasteiger partial charge on any atom is 0.235 e. The molecule has 1 N–H and O–H groups in total. The lowest BCUT2D eigenvalue weighted by molar-refractivity contribution is -0.113. The molecule has 7 heteroatoms. The van der Waals surface area contributed by atoms with Crippen LogP contribution in [-0.2, 0) is 17.6 Å². The van der Waals surface area contributed by atoms with Gasteiger partial charge in [0.25, 0.3) is 0 Å². The minimum atomic E-state index is -0.0864. The topological polar surface area (TPSA) is 65.8 Å². The molecule has 1 atom stereocenters. The number of hydrogen-bond acceptors (Lipinski definition) is 6. The number of carbonyl (C=O) groups is 1. The Morgan fingerprint density at radius 2 is 2.14 bits per heavy atom. The molecule has 0 bridgehead atoms. The highest BCUT2D eigenvalue weighted by Crippen LogP contribution is 2.44. The summed E-state index contributed by atoms with van der Waals surface area (Å²) in [6.45, 7) is 6.84. The first kappa shape index (κ1) is 20.4. The second-order valence-corrected chi connectivity index (χ2v) is 11.8. The summed E-state index contributed by atoms with van der Waals surface area (Å²) in [4.78, 5) is 18.4. The number of aromatic nitrogens is 1. The molecule has 0 saturated carbocycles. The van der Waals surface area contributed by atoms with Crippen molar-refractivity contribution < 1.29 is 4.79 Å². The van der Waals surface area contributed by atoms with Gasteiger partial charge in [0.1, 0.15) is 11.1 Å². The smallest absolute Gasteiger partial charge is 0.235 e. The van der Waals surface area contributed by atoms with Crippen LogP contribution in [0.25, 0.3) is 10.2 Å². The lowest BCUT2D eigenvalue weighted by atomic mass is 9.72. The van der Waals surface area contributed by atoms with Crippen LogP contribution in [0.5, 0.6) is 0 Å². The number of carbonyl (C=O) groups excluding carboxylic acids is 1. The van der Waals surface area contributed by atoms with Crippen LogP contribution in [0.3, 0.4) is 0 Å². The maximum atomic E-state index is 12.5. The molecule has 1 aromatic carbocycles. The van der Waals surface area contributed by atoms with E-state index in [1.54, 1.807) is 22.7 Å². The first-order valence-corrected chi connectivity index (χ1v) is 12.3. The van der Waals surface area contributed by atoms with Crippen LogP contribution >= 0.6 is 34.4 Å². The van der Waals surface area contributed by atoms with Crippen molar-refractivity contribution >= 4 is 55.6 Å². The Hall–Kier alpha value is -1.88. The molecule has 1 aliphatic carbocycles. The predicted octanol–water partition coefficient (Wildman–Crippen LogP) is 6.11. The van der Waals surface area contributed by atoms with Crippen molar-refractivity contribution in [2.75, 3.05) is 11.1 Å². The molecular formula is C22H23N3OS3. The van der Waals surface area contributed by atoms with Gasteiger partial charge in [-0.3, -0.25) is 4.79 Å². The number of fused-ring (bicyclic) bond motifs is 2. The van der Waals surface area contributed by atoms with E-state index in [0.717, 1.165) is 39.4 Å². The van der Waals surface area contributed by atoms with Crippen molar-refractivity contribution in [1.29, 1.82) is 5.26 Å². The summed E-state index contributed by atoms with van der Waals surface area (Å²) < 4.78 is 2.02. The zero-order chi connectivity index (χ0) is 20.6. The highest BCUT2D eigenvalue weighted by atomic mass is 32.2. The molecular weight excluding hydrogens is 418 g/mol. The Kier molecular flexibility index (Phi) is 5.69. The molecule has 4 rings (SSSR count). The average Bonchev–Trinajstić information content (AvgIpc) is 3.25. The highest BCUT2D eigenvalue weighted by Gasteiger charge is 2.32. The molecule has 2 aromatic heterocycles. The van der Waals surface area contributed by atoms with E-state index in [1.165, 1.54) is 16.6 Å². The number of hydrogen-bond donors (Lipinski definition) is 1. The van der Waals surface area contributed by atoms with E-state index in [0.29, 0.717) is 16.5 Å². The van der Waals surface area contributed by atoms with E-state index < -0.39 is 0 Å². The third kappa shape index (κ3) is 4.35. The van der Waals surface area contributed by atoms with Crippen LogP contribution in [0.2, 0.25) is 0 Å². The minimum absolute atomic E-state index is 0.0864. The molecule has 0 spiro atoms. The summed E-state index contributed by atoms with van der Waals surface area (Å²) in [5.74, 6) is 0.813. The number of para-hydroxylation sites is 1. The largest absolute Gasteiger partial charge is 0.316 e. The number of amides is 1. The van der Waals surface area contributed by atoms with Crippen LogP contribution in [0, 0.1) is 22.7 Å². The number of thiophene rings is 1. The van der Waals surface area contributed by atoms with Gasteiger partial charge in [0.2, 0.25) is 5.91 Å². The second kappa shape index (κ2) is 8.10. The standard InChI is InChI=1S/C22H23N3OS3/c1-22(2,3)13-8-9-14-15(11-23)20(28-18(14)10-13)25-19(26)12-27-21-24-16-6-4-5-7-17(16)29-21/h4-7,13H,8-10,12H2,1-3H3,(H,25,26)/t13-/m1/s1. The number of thioether (sulfide) groups is 1. The maximum absolute atomic E-state index is 12.5. The summed E-state index contributed by atoms with van der Waals surface area (Å²) >= 11 is 4.63. The fourth-order valence-corrected chi connectivity index (χ4v) is 6.90. The summed E-state index contributed by atoms with van der Waals surface area (Å²) in [6, 6.07) is 10.3. The Bertz CT molecular complexity index is 1070. The van der Waals surface area contributed by atoms with Crippen LogP contribution in [0.1, 0.15) is 43.2 Å². The normalized spacial score (nSPS) is 16.4. The number of nitrogens with zero attached hydrogens (tertiary/aromatic N) is 2. The van der Waals surface area contributed by atoms with Gasteiger partial charge in [-0.25, -0.2) is 4.98 Å². The molecule has 0 fully saturated rings. The van der Waals surface area contributed by atoms with Gasteiger partial charge < -0.3 is 5.32 Å².